The second-order valence-electron chi connectivity index (χ2n) is 5.01. The number of hydrogen-bond acceptors (Lipinski definition) is 4. The number of aryl methyl sites for hydroxylation is 1. The van der Waals surface area contributed by atoms with Crippen molar-refractivity contribution in [2.75, 3.05) is 13.2 Å². The monoisotopic (exact) mass is 310 g/mol. The Bertz CT molecular complexity index is 667. The van der Waals surface area contributed by atoms with Crippen LogP contribution in [0.1, 0.15) is 11.4 Å². The molecule has 7 heteroatoms. The minimum Gasteiger partial charge on any atom is -0.491 e. The molecule has 0 radical (unpaired) electrons. The van der Waals surface area contributed by atoms with E-state index in [2.05, 4.69) is 9.97 Å². The number of hydrogen-bond donors (Lipinski definition) is 0. The molecule has 1 aliphatic rings. The fraction of sp³-hybridized carbons (Fsp3) is 0.333. The lowest BCUT2D eigenvalue weighted by Gasteiger charge is -2.09. The van der Waals surface area contributed by atoms with Crippen LogP contribution in [-0.2, 0) is 10.9 Å². The van der Waals surface area contributed by atoms with E-state index in [-0.39, 0.29) is 17.6 Å². The number of aromatic nitrogens is 2. The quantitative estimate of drug-likeness (QED) is 0.813. The Hall–Kier alpha value is -2.15. The van der Waals surface area contributed by atoms with Crippen molar-refractivity contribution in [2.45, 2.75) is 19.2 Å². The Morgan fingerprint density at radius 1 is 1.23 bits per heavy atom. The summed E-state index contributed by atoms with van der Waals surface area (Å²) in [5.74, 6) is 0.673. The van der Waals surface area contributed by atoms with Gasteiger partial charge in [-0.25, -0.2) is 9.97 Å². The van der Waals surface area contributed by atoms with Crippen LogP contribution in [0.5, 0.6) is 5.75 Å². The highest BCUT2D eigenvalue weighted by Gasteiger charge is 2.33. The van der Waals surface area contributed by atoms with Gasteiger partial charge in [0.25, 0.3) is 0 Å². The Morgan fingerprint density at radius 3 is 2.50 bits per heavy atom. The largest absolute Gasteiger partial charge is 0.491 e. The van der Waals surface area contributed by atoms with Crippen LogP contribution in [0.15, 0.2) is 30.3 Å². The predicted octanol–water partition coefficient (Wildman–Crippen LogP) is 3.25. The summed E-state index contributed by atoms with van der Waals surface area (Å²) in [6.45, 7) is 2.68. The highest BCUT2D eigenvalue weighted by Crippen LogP contribution is 2.30. The fourth-order valence-electron chi connectivity index (χ4n) is 1.90. The van der Waals surface area contributed by atoms with E-state index in [1.54, 1.807) is 24.3 Å². The Morgan fingerprint density at radius 2 is 1.91 bits per heavy atom. The summed E-state index contributed by atoms with van der Waals surface area (Å²) in [5, 5.41) is 0. The number of epoxide rings is 1. The number of benzene rings is 1. The van der Waals surface area contributed by atoms with E-state index in [9.17, 15) is 13.2 Å². The first-order valence-electron chi connectivity index (χ1n) is 6.69. The van der Waals surface area contributed by atoms with Gasteiger partial charge in [-0.15, -0.1) is 0 Å². The summed E-state index contributed by atoms with van der Waals surface area (Å²) >= 11 is 0. The van der Waals surface area contributed by atoms with Gasteiger partial charge in [0, 0.05) is 11.3 Å². The van der Waals surface area contributed by atoms with Crippen LogP contribution in [-0.4, -0.2) is 29.3 Å². The lowest BCUT2D eigenvalue weighted by molar-refractivity contribution is -0.141. The highest BCUT2D eigenvalue weighted by atomic mass is 19.4. The van der Waals surface area contributed by atoms with Crippen LogP contribution in [0.3, 0.4) is 0 Å². The van der Waals surface area contributed by atoms with Crippen molar-refractivity contribution in [3.8, 4) is 17.1 Å². The lowest BCUT2D eigenvalue weighted by Crippen LogP contribution is -2.10. The molecule has 1 aromatic heterocycles. The Balaban J connectivity index is 1.82. The van der Waals surface area contributed by atoms with Crippen molar-refractivity contribution in [3.63, 3.8) is 0 Å². The van der Waals surface area contributed by atoms with Crippen molar-refractivity contribution in [2.24, 2.45) is 0 Å². The standard InChI is InChI=1S/C15H13F3N2O2/c1-9-6-13(15(16,17)18)20-14(19-9)10-2-4-11(5-3-10)21-7-12-8-22-12/h2-6,12H,7-8H2,1H3. The van der Waals surface area contributed by atoms with Gasteiger partial charge in [0.2, 0.25) is 0 Å². The van der Waals surface area contributed by atoms with Crippen molar-refractivity contribution < 1.29 is 22.6 Å². The van der Waals surface area contributed by atoms with Gasteiger partial charge >= 0.3 is 6.18 Å². The molecule has 1 aromatic carbocycles. The predicted molar refractivity (Wildman–Crippen MR) is 72.4 cm³/mol. The molecule has 1 saturated heterocycles. The number of alkyl halides is 3. The maximum Gasteiger partial charge on any atom is 0.433 e. The van der Waals surface area contributed by atoms with Crippen LogP contribution in [0, 0.1) is 6.92 Å². The van der Waals surface area contributed by atoms with Crippen molar-refractivity contribution in [3.05, 3.63) is 41.7 Å². The molecular formula is C15H13F3N2O2. The summed E-state index contributed by atoms with van der Waals surface area (Å²) in [4.78, 5) is 7.65. The van der Waals surface area contributed by atoms with E-state index in [4.69, 9.17) is 9.47 Å². The van der Waals surface area contributed by atoms with E-state index < -0.39 is 11.9 Å². The molecule has 0 spiro atoms. The molecule has 1 unspecified atom stereocenters. The SMILES string of the molecule is Cc1cc(C(F)(F)F)nc(-c2ccc(OCC3CO3)cc2)n1. The summed E-state index contributed by atoms with van der Waals surface area (Å²) < 4.78 is 48.9. The van der Waals surface area contributed by atoms with Gasteiger partial charge in [0.1, 0.15) is 24.2 Å². The summed E-state index contributed by atoms with van der Waals surface area (Å²) in [6.07, 6.45) is -4.34. The third-order valence-corrected chi connectivity index (χ3v) is 3.10. The topological polar surface area (TPSA) is 47.5 Å². The second-order valence-corrected chi connectivity index (χ2v) is 5.01. The molecule has 1 atom stereocenters. The van der Waals surface area contributed by atoms with Crippen LogP contribution in [0.2, 0.25) is 0 Å². The van der Waals surface area contributed by atoms with Crippen molar-refractivity contribution >= 4 is 0 Å². The van der Waals surface area contributed by atoms with Crippen LogP contribution in [0.4, 0.5) is 13.2 Å². The molecule has 116 valence electrons. The summed E-state index contributed by atoms with van der Waals surface area (Å²) in [6, 6.07) is 7.56. The normalized spacial score (nSPS) is 17.4. The molecule has 2 aromatic rings. The molecule has 0 aliphatic carbocycles. The fourth-order valence-corrected chi connectivity index (χ4v) is 1.90. The maximum absolute atomic E-state index is 12.8. The third-order valence-electron chi connectivity index (χ3n) is 3.10. The minimum absolute atomic E-state index is 0.0457. The van der Waals surface area contributed by atoms with Crippen LogP contribution < -0.4 is 4.74 Å². The zero-order valence-corrected chi connectivity index (χ0v) is 11.7. The zero-order chi connectivity index (χ0) is 15.7. The average Bonchev–Trinajstić information content (AvgIpc) is 3.28. The van der Waals surface area contributed by atoms with E-state index in [1.807, 2.05) is 0 Å². The van der Waals surface area contributed by atoms with Gasteiger partial charge < -0.3 is 9.47 Å². The van der Waals surface area contributed by atoms with E-state index in [0.29, 0.717) is 24.5 Å². The first-order valence-corrected chi connectivity index (χ1v) is 6.69. The van der Waals surface area contributed by atoms with Crippen molar-refractivity contribution in [1.82, 2.24) is 9.97 Å². The average molecular weight is 310 g/mol. The third kappa shape index (κ3) is 3.54. The first-order chi connectivity index (χ1) is 10.4. The number of rotatable bonds is 4. The highest BCUT2D eigenvalue weighted by molar-refractivity contribution is 5.56. The van der Waals surface area contributed by atoms with Gasteiger partial charge in [-0.1, -0.05) is 0 Å². The minimum atomic E-state index is -4.49. The molecule has 0 saturated carbocycles. The smallest absolute Gasteiger partial charge is 0.433 e. The molecule has 0 bridgehead atoms. The summed E-state index contributed by atoms with van der Waals surface area (Å²) in [7, 11) is 0. The van der Waals surface area contributed by atoms with Crippen LogP contribution in [0.25, 0.3) is 11.4 Å². The summed E-state index contributed by atoms with van der Waals surface area (Å²) in [5.41, 5.74) is -0.172. The molecule has 22 heavy (non-hydrogen) atoms. The van der Waals surface area contributed by atoms with E-state index >= 15 is 0 Å². The molecular weight excluding hydrogens is 297 g/mol. The number of nitrogens with zero attached hydrogens (tertiary/aromatic N) is 2. The lowest BCUT2D eigenvalue weighted by atomic mass is 10.2. The maximum atomic E-state index is 12.8. The first kappa shape index (κ1) is 14.8. The van der Waals surface area contributed by atoms with E-state index in [0.717, 1.165) is 6.07 Å². The number of halogens is 3. The van der Waals surface area contributed by atoms with Gasteiger partial charge in [-0.2, -0.15) is 13.2 Å². The Kier molecular flexibility index (Phi) is 3.74. The molecule has 1 aliphatic heterocycles. The van der Waals surface area contributed by atoms with Gasteiger partial charge in [0.15, 0.2) is 5.82 Å². The second kappa shape index (κ2) is 5.57. The molecule has 4 nitrogen and oxygen atoms in total. The van der Waals surface area contributed by atoms with Gasteiger partial charge in [-0.05, 0) is 37.3 Å². The number of ether oxygens (including phenoxy) is 2. The Labute approximate surface area is 124 Å². The van der Waals surface area contributed by atoms with Crippen molar-refractivity contribution in [1.29, 1.82) is 0 Å². The molecule has 0 amide bonds. The molecule has 2 heterocycles. The van der Waals surface area contributed by atoms with Crippen LogP contribution >= 0.6 is 0 Å². The van der Waals surface area contributed by atoms with Gasteiger partial charge in [-0.3, -0.25) is 0 Å². The molecule has 1 fully saturated rings. The van der Waals surface area contributed by atoms with Gasteiger partial charge in [0.05, 0.1) is 6.61 Å². The van der Waals surface area contributed by atoms with E-state index in [1.165, 1.54) is 6.92 Å². The zero-order valence-electron chi connectivity index (χ0n) is 11.7. The molecule has 0 N–H and O–H groups in total. The molecule has 3 rings (SSSR count).